The van der Waals surface area contributed by atoms with Crippen molar-refractivity contribution in [3.63, 3.8) is 0 Å². The lowest BCUT2D eigenvalue weighted by Gasteiger charge is -2.30. The summed E-state index contributed by atoms with van der Waals surface area (Å²) in [4.78, 5) is 0. The third-order valence-electron chi connectivity index (χ3n) is 3.60. The summed E-state index contributed by atoms with van der Waals surface area (Å²) in [6.07, 6.45) is 0.683. The molecule has 0 spiro atoms. The molecular weight excluding hydrogens is 250 g/mol. The zero-order valence-electron chi connectivity index (χ0n) is 11.6. The first kappa shape index (κ1) is 13.0. The minimum absolute atomic E-state index is 0.0777. The molecule has 2 aromatic rings. The minimum atomic E-state index is -0.105. The number of benzene rings is 2. The average molecular weight is 269 g/mol. The molecule has 2 unspecified atom stereocenters. The van der Waals surface area contributed by atoms with Crippen molar-refractivity contribution in [2.45, 2.75) is 25.5 Å². The monoisotopic (exact) mass is 269 g/mol. The molecule has 0 fully saturated rings. The SMILES string of the molecule is Cc1ccc(CC(N)C2COc3ccccc3O2)cc1. The Morgan fingerprint density at radius 1 is 1.10 bits per heavy atom. The molecule has 1 aliphatic heterocycles. The van der Waals surface area contributed by atoms with Crippen molar-refractivity contribution in [2.24, 2.45) is 5.73 Å². The highest BCUT2D eigenvalue weighted by molar-refractivity contribution is 5.40. The lowest BCUT2D eigenvalue weighted by Crippen LogP contribution is -2.46. The van der Waals surface area contributed by atoms with Gasteiger partial charge in [-0.1, -0.05) is 42.0 Å². The van der Waals surface area contributed by atoms with Gasteiger partial charge in [0.2, 0.25) is 0 Å². The molecule has 0 radical (unpaired) electrons. The molecule has 0 bridgehead atoms. The van der Waals surface area contributed by atoms with E-state index in [-0.39, 0.29) is 12.1 Å². The van der Waals surface area contributed by atoms with Crippen molar-refractivity contribution < 1.29 is 9.47 Å². The van der Waals surface area contributed by atoms with Crippen LogP contribution < -0.4 is 15.2 Å². The van der Waals surface area contributed by atoms with E-state index in [2.05, 4.69) is 31.2 Å². The number of hydrogen-bond donors (Lipinski definition) is 1. The van der Waals surface area contributed by atoms with Gasteiger partial charge in [0, 0.05) is 6.04 Å². The van der Waals surface area contributed by atoms with E-state index in [0.29, 0.717) is 6.61 Å². The molecule has 20 heavy (non-hydrogen) atoms. The first-order valence-electron chi connectivity index (χ1n) is 6.92. The smallest absolute Gasteiger partial charge is 0.161 e. The van der Waals surface area contributed by atoms with Crippen LogP contribution in [0.2, 0.25) is 0 Å². The van der Waals surface area contributed by atoms with Gasteiger partial charge >= 0.3 is 0 Å². The molecule has 2 aromatic carbocycles. The third kappa shape index (κ3) is 2.78. The molecule has 2 atom stereocenters. The lowest BCUT2D eigenvalue weighted by atomic mass is 10.0. The Morgan fingerprint density at radius 3 is 2.55 bits per heavy atom. The van der Waals surface area contributed by atoms with Gasteiger partial charge in [-0.25, -0.2) is 0 Å². The van der Waals surface area contributed by atoms with Gasteiger partial charge < -0.3 is 15.2 Å². The topological polar surface area (TPSA) is 44.5 Å². The van der Waals surface area contributed by atoms with E-state index >= 15 is 0 Å². The van der Waals surface area contributed by atoms with Gasteiger partial charge in [-0.15, -0.1) is 0 Å². The van der Waals surface area contributed by atoms with E-state index in [4.69, 9.17) is 15.2 Å². The summed E-state index contributed by atoms with van der Waals surface area (Å²) in [5.74, 6) is 1.58. The maximum atomic E-state index is 6.27. The van der Waals surface area contributed by atoms with Crippen LogP contribution in [0.4, 0.5) is 0 Å². The fourth-order valence-corrected chi connectivity index (χ4v) is 2.37. The lowest BCUT2D eigenvalue weighted by molar-refractivity contribution is 0.0723. The van der Waals surface area contributed by atoms with Gasteiger partial charge in [-0.2, -0.15) is 0 Å². The molecular formula is C17H19NO2. The van der Waals surface area contributed by atoms with Crippen molar-refractivity contribution >= 4 is 0 Å². The number of nitrogens with two attached hydrogens (primary N) is 1. The number of ether oxygens (including phenoxy) is 2. The number of aryl methyl sites for hydroxylation is 1. The van der Waals surface area contributed by atoms with Crippen molar-refractivity contribution in [1.82, 2.24) is 0 Å². The van der Waals surface area contributed by atoms with Crippen LogP contribution in [0.15, 0.2) is 48.5 Å². The summed E-state index contributed by atoms with van der Waals surface area (Å²) in [7, 11) is 0. The molecule has 0 saturated heterocycles. The summed E-state index contributed by atoms with van der Waals surface area (Å²) in [5.41, 5.74) is 8.76. The van der Waals surface area contributed by atoms with E-state index in [1.165, 1.54) is 11.1 Å². The second kappa shape index (κ2) is 5.55. The molecule has 0 saturated carbocycles. The third-order valence-corrected chi connectivity index (χ3v) is 3.60. The molecule has 2 N–H and O–H groups in total. The average Bonchev–Trinajstić information content (AvgIpc) is 2.49. The highest BCUT2D eigenvalue weighted by Crippen LogP contribution is 2.31. The molecule has 0 aliphatic carbocycles. The molecule has 104 valence electrons. The van der Waals surface area contributed by atoms with Crippen LogP contribution in [0.25, 0.3) is 0 Å². The molecule has 1 aliphatic rings. The maximum absolute atomic E-state index is 6.27. The van der Waals surface area contributed by atoms with Crippen LogP contribution in [0.1, 0.15) is 11.1 Å². The first-order valence-corrected chi connectivity index (χ1v) is 6.92. The molecule has 3 heteroatoms. The van der Waals surface area contributed by atoms with Gasteiger partial charge in [0.25, 0.3) is 0 Å². The van der Waals surface area contributed by atoms with Crippen molar-refractivity contribution in [1.29, 1.82) is 0 Å². The Kier molecular flexibility index (Phi) is 3.61. The van der Waals surface area contributed by atoms with Crippen molar-refractivity contribution in [3.8, 4) is 11.5 Å². The highest BCUT2D eigenvalue weighted by Gasteiger charge is 2.26. The van der Waals surface area contributed by atoms with Gasteiger partial charge in [0.15, 0.2) is 11.5 Å². The van der Waals surface area contributed by atoms with Crippen LogP contribution >= 0.6 is 0 Å². The van der Waals surface area contributed by atoms with Gasteiger partial charge in [0.05, 0.1) is 0 Å². The number of rotatable bonds is 3. The minimum Gasteiger partial charge on any atom is -0.486 e. The second-order valence-corrected chi connectivity index (χ2v) is 5.27. The van der Waals surface area contributed by atoms with Crippen LogP contribution in [-0.4, -0.2) is 18.8 Å². The quantitative estimate of drug-likeness (QED) is 0.931. The Balaban J connectivity index is 1.67. The Hall–Kier alpha value is -2.00. The van der Waals surface area contributed by atoms with Gasteiger partial charge in [-0.05, 0) is 31.0 Å². The number of fused-ring (bicyclic) bond motifs is 1. The zero-order valence-corrected chi connectivity index (χ0v) is 11.6. The van der Waals surface area contributed by atoms with E-state index in [1.54, 1.807) is 0 Å². The van der Waals surface area contributed by atoms with Crippen molar-refractivity contribution in [2.75, 3.05) is 6.61 Å². The fraction of sp³-hybridized carbons (Fsp3) is 0.294. The predicted octanol–water partition coefficient (Wildman–Crippen LogP) is 2.70. The Morgan fingerprint density at radius 2 is 1.80 bits per heavy atom. The zero-order chi connectivity index (χ0) is 13.9. The van der Waals surface area contributed by atoms with Crippen LogP contribution in [0.5, 0.6) is 11.5 Å². The Labute approximate surface area is 119 Å². The predicted molar refractivity (Wildman–Crippen MR) is 79.2 cm³/mol. The van der Waals surface area contributed by atoms with E-state index in [0.717, 1.165) is 17.9 Å². The highest BCUT2D eigenvalue weighted by atomic mass is 16.6. The van der Waals surface area contributed by atoms with E-state index in [1.807, 2.05) is 24.3 Å². The summed E-state index contributed by atoms with van der Waals surface area (Å²) in [6, 6.07) is 16.1. The Bertz CT molecular complexity index is 580. The standard InChI is InChI=1S/C17H19NO2/c1-12-6-8-13(9-7-12)10-14(18)17-11-19-15-4-2-3-5-16(15)20-17/h2-9,14,17H,10-11,18H2,1H3. The molecule has 3 nitrogen and oxygen atoms in total. The summed E-state index contributed by atoms with van der Waals surface area (Å²) < 4.78 is 11.6. The van der Waals surface area contributed by atoms with Crippen LogP contribution in [0.3, 0.4) is 0 Å². The largest absolute Gasteiger partial charge is 0.486 e. The maximum Gasteiger partial charge on any atom is 0.161 e. The molecule has 0 amide bonds. The van der Waals surface area contributed by atoms with Gasteiger partial charge in [0.1, 0.15) is 12.7 Å². The van der Waals surface area contributed by atoms with E-state index in [9.17, 15) is 0 Å². The van der Waals surface area contributed by atoms with Crippen molar-refractivity contribution in [3.05, 3.63) is 59.7 Å². The van der Waals surface area contributed by atoms with Crippen LogP contribution in [-0.2, 0) is 6.42 Å². The summed E-state index contributed by atoms with van der Waals surface area (Å²) >= 11 is 0. The molecule has 3 rings (SSSR count). The fourth-order valence-electron chi connectivity index (χ4n) is 2.37. The molecule has 0 aromatic heterocycles. The second-order valence-electron chi connectivity index (χ2n) is 5.27. The first-order chi connectivity index (χ1) is 9.72. The number of hydrogen-bond acceptors (Lipinski definition) is 3. The molecule has 1 heterocycles. The normalized spacial score (nSPS) is 18.6. The van der Waals surface area contributed by atoms with Crippen LogP contribution in [0, 0.1) is 6.92 Å². The summed E-state index contributed by atoms with van der Waals surface area (Å²) in [6.45, 7) is 2.59. The van der Waals surface area contributed by atoms with E-state index < -0.39 is 0 Å². The summed E-state index contributed by atoms with van der Waals surface area (Å²) in [5, 5.41) is 0. The number of para-hydroxylation sites is 2. The van der Waals surface area contributed by atoms with Gasteiger partial charge in [-0.3, -0.25) is 0 Å².